The van der Waals surface area contributed by atoms with E-state index in [1.165, 1.54) is 51.8 Å². The number of fused-ring (bicyclic) bond motifs is 2. The molecular weight excluding hydrogens is 484 g/mol. The molecule has 4 aromatic rings. The van der Waals surface area contributed by atoms with Crippen LogP contribution in [0.4, 0.5) is 5.82 Å². The topological polar surface area (TPSA) is 48.5 Å². The lowest BCUT2D eigenvalue weighted by Gasteiger charge is -2.36. The van der Waals surface area contributed by atoms with Crippen LogP contribution in [0.1, 0.15) is 47.3 Å². The number of thiophene rings is 1. The third-order valence-corrected chi connectivity index (χ3v) is 10.2. The molecule has 2 aliphatic rings. The number of aromatic nitrogens is 1. The number of benzene rings is 2. The summed E-state index contributed by atoms with van der Waals surface area (Å²) >= 11 is 3.23. The fourth-order valence-electron chi connectivity index (χ4n) is 5.89. The van der Waals surface area contributed by atoms with Crippen molar-refractivity contribution < 1.29 is 4.79 Å². The molecule has 0 spiro atoms. The molecule has 0 bridgehead atoms. The number of anilines is 1. The SMILES string of the molecule is Cc1c(C(=O)N[C@H]2CC[C@H](CCN3CCN(c4nsc5ccccc45)CC3)CC2)sc2ccccc12. The number of amides is 1. The van der Waals surface area contributed by atoms with Gasteiger partial charge in [-0.2, -0.15) is 4.37 Å². The minimum Gasteiger partial charge on any atom is -0.353 e. The van der Waals surface area contributed by atoms with Gasteiger partial charge in [-0.15, -0.1) is 11.3 Å². The number of carbonyl (C=O) groups excluding carboxylic acids is 1. The Morgan fingerprint density at radius 3 is 2.39 bits per heavy atom. The first kappa shape index (κ1) is 23.9. The Morgan fingerprint density at radius 2 is 1.64 bits per heavy atom. The van der Waals surface area contributed by atoms with Crippen molar-refractivity contribution in [3.63, 3.8) is 0 Å². The van der Waals surface area contributed by atoms with Crippen molar-refractivity contribution in [2.45, 2.75) is 45.1 Å². The zero-order valence-corrected chi connectivity index (χ0v) is 22.5. The zero-order valence-electron chi connectivity index (χ0n) is 20.9. The van der Waals surface area contributed by atoms with E-state index in [-0.39, 0.29) is 5.91 Å². The van der Waals surface area contributed by atoms with Gasteiger partial charge in [-0.25, -0.2) is 0 Å². The Bertz CT molecular complexity index is 1350. The first-order valence-electron chi connectivity index (χ1n) is 13.3. The van der Waals surface area contributed by atoms with E-state index < -0.39 is 0 Å². The predicted octanol–water partition coefficient (Wildman–Crippen LogP) is 6.32. The number of nitrogens with one attached hydrogen (secondary N) is 1. The molecule has 7 heteroatoms. The maximum atomic E-state index is 13.0. The molecule has 1 amide bonds. The summed E-state index contributed by atoms with van der Waals surface area (Å²) in [4.78, 5) is 19.0. The number of aryl methyl sites for hydroxylation is 1. The van der Waals surface area contributed by atoms with Crippen molar-refractivity contribution in [1.82, 2.24) is 14.6 Å². The van der Waals surface area contributed by atoms with Crippen LogP contribution in [-0.4, -0.2) is 53.9 Å². The fourth-order valence-corrected chi connectivity index (χ4v) is 7.79. The first-order valence-corrected chi connectivity index (χ1v) is 14.9. The highest BCUT2D eigenvalue weighted by Crippen LogP contribution is 2.33. The van der Waals surface area contributed by atoms with Crippen LogP contribution >= 0.6 is 22.9 Å². The lowest BCUT2D eigenvalue weighted by atomic mass is 9.84. The molecule has 36 heavy (non-hydrogen) atoms. The molecule has 3 heterocycles. The number of piperazine rings is 1. The molecule has 1 N–H and O–H groups in total. The molecule has 1 saturated heterocycles. The normalized spacial score (nSPS) is 21.3. The van der Waals surface area contributed by atoms with Crippen LogP contribution in [0, 0.1) is 12.8 Å². The summed E-state index contributed by atoms with van der Waals surface area (Å²) in [7, 11) is 0. The molecule has 2 aromatic heterocycles. The van der Waals surface area contributed by atoms with Gasteiger partial charge in [0.15, 0.2) is 0 Å². The van der Waals surface area contributed by atoms with Crippen LogP contribution in [0.5, 0.6) is 0 Å². The van der Waals surface area contributed by atoms with Crippen molar-refractivity contribution >= 4 is 54.8 Å². The lowest BCUT2D eigenvalue weighted by Crippen LogP contribution is -2.47. The van der Waals surface area contributed by atoms with Crippen molar-refractivity contribution in [2.24, 2.45) is 5.92 Å². The van der Waals surface area contributed by atoms with Crippen LogP contribution < -0.4 is 10.2 Å². The van der Waals surface area contributed by atoms with E-state index in [0.29, 0.717) is 6.04 Å². The number of carbonyl (C=O) groups is 1. The molecule has 5 nitrogen and oxygen atoms in total. The van der Waals surface area contributed by atoms with Gasteiger partial charge < -0.3 is 10.2 Å². The van der Waals surface area contributed by atoms with E-state index in [4.69, 9.17) is 4.37 Å². The van der Waals surface area contributed by atoms with Gasteiger partial charge in [0.1, 0.15) is 5.82 Å². The standard InChI is InChI=1S/C29H34N4OS2/c1-20-23-6-2-4-8-25(23)35-27(20)29(34)30-22-12-10-21(11-13-22)14-15-32-16-18-33(19-17-32)28-24-7-3-5-9-26(24)36-31-28/h2-9,21-22H,10-19H2,1H3,(H,30,34)/t21-,22-. The number of rotatable bonds is 6. The molecule has 1 aliphatic heterocycles. The number of hydrogen-bond acceptors (Lipinski definition) is 6. The largest absolute Gasteiger partial charge is 0.353 e. The molecule has 2 fully saturated rings. The molecule has 0 atom stereocenters. The molecule has 0 unspecified atom stereocenters. The maximum absolute atomic E-state index is 13.0. The second-order valence-electron chi connectivity index (χ2n) is 10.4. The van der Waals surface area contributed by atoms with Crippen molar-refractivity contribution in [3.8, 4) is 0 Å². The van der Waals surface area contributed by atoms with Gasteiger partial charge in [0, 0.05) is 42.3 Å². The Morgan fingerprint density at radius 1 is 0.944 bits per heavy atom. The zero-order chi connectivity index (χ0) is 24.5. The van der Waals surface area contributed by atoms with Gasteiger partial charge in [0.2, 0.25) is 0 Å². The van der Waals surface area contributed by atoms with Crippen LogP contribution in [0.25, 0.3) is 20.2 Å². The first-order chi connectivity index (χ1) is 17.7. The second kappa shape index (κ2) is 10.5. The van der Waals surface area contributed by atoms with E-state index in [9.17, 15) is 4.79 Å². The van der Waals surface area contributed by atoms with E-state index in [2.05, 4.69) is 58.4 Å². The molecular formula is C29H34N4OS2. The summed E-state index contributed by atoms with van der Waals surface area (Å²) < 4.78 is 7.22. The highest BCUT2D eigenvalue weighted by atomic mass is 32.1. The van der Waals surface area contributed by atoms with E-state index >= 15 is 0 Å². The Hall–Kier alpha value is -2.48. The van der Waals surface area contributed by atoms with Gasteiger partial charge >= 0.3 is 0 Å². The second-order valence-corrected chi connectivity index (χ2v) is 12.2. The molecule has 1 saturated carbocycles. The molecule has 1 aliphatic carbocycles. The highest BCUT2D eigenvalue weighted by Gasteiger charge is 2.26. The average molecular weight is 519 g/mol. The lowest BCUT2D eigenvalue weighted by molar-refractivity contribution is 0.0923. The summed E-state index contributed by atoms with van der Waals surface area (Å²) in [5.41, 5.74) is 1.12. The van der Waals surface area contributed by atoms with Crippen LogP contribution in [0.15, 0.2) is 48.5 Å². The number of hydrogen-bond donors (Lipinski definition) is 1. The summed E-state index contributed by atoms with van der Waals surface area (Å²) in [6.45, 7) is 7.61. The third kappa shape index (κ3) is 4.89. The van der Waals surface area contributed by atoms with Gasteiger partial charge in [-0.05, 0) is 92.2 Å². The number of nitrogens with zero attached hydrogens (tertiary/aromatic N) is 3. The maximum Gasteiger partial charge on any atom is 0.261 e. The molecule has 2 aromatic carbocycles. The van der Waals surface area contributed by atoms with Gasteiger partial charge in [-0.1, -0.05) is 30.3 Å². The minimum absolute atomic E-state index is 0.114. The smallest absolute Gasteiger partial charge is 0.261 e. The third-order valence-electron chi connectivity index (χ3n) is 8.12. The van der Waals surface area contributed by atoms with Crippen molar-refractivity contribution in [2.75, 3.05) is 37.6 Å². The van der Waals surface area contributed by atoms with E-state index in [1.54, 1.807) is 22.9 Å². The van der Waals surface area contributed by atoms with Crippen molar-refractivity contribution in [3.05, 3.63) is 59.0 Å². The highest BCUT2D eigenvalue weighted by molar-refractivity contribution is 7.21. The minimum atomic E-state index is 0.114. The van der Waals surface area contributed by atoms with E-state index in [0.717, 1.165) is 55.4 Å². The van der Waals surface area contributed by atoms with Crippen molar-refractivity contribution in [1.29, 1.82) is 0 Å². The van der Waals surface area contributed by atoms with E-state index in [1.807, 2.05) is 12.1 Å². The van der Waals surface area contributed by atoms with Gasteiger partial charge in [0.05, 0.1) is 9.58 Å². The fraction of sp³-hybridized carbons (Fsp3) is 0.448. The quantitative estimate of drug-likeness (QED) is 0.324. The molecule has 6 rings (SSSR count). The predicted molar refractivity (Wildman–Crippen MR) is 153 cm³/mol. The Balaban J connectivity index is 0.942. The molecule has 0 radical (unpaired) electrons. The van der Waals surface area contributed by atoms with Gasteiger partial charge in [0.25, 0.3) is 5.91 Å². The molecule has 188 valence electrons. The van der Waals surface area contributed by atoms with Crippen LogP contribution in [0.2, 0.25) is 0 Å². The van der Waals surface area contributed by atoms with Crippen LogP contribution in [0.3, 0.4) is 0 Å². The summed E-state index contributed by atoms with van der Waals surface area (Å²) in [6.07, 6.45) is 5.92. The Kier molecular flexibility index (Phi) is 6.96. The van der Waals surface area contributed by atoms with Gasteiger partial charge in [-0.3, -0.25) is 9.69 Å². The summed E-state index contributed by atoms with van der Waals surface area (Å²) in [6, 6.07) is 17.2. The monoisotopic (exact) mass is 518 g/mol. The summed E-state index contributed by atoms with van der Waals surface area (Å²) in [5, 5.41) is 5.84. The summed E-state index contributed by atoms with van der Waals surface area (Å²) in [5.74, 6) is 2.06. The van der Waals surface area contributed by atoms with Crippen LogP contribution in [-0.2, 0) is 0 Å². The Labute approximate surface area is 221 Å². The average Bonchev–Trinajstić information content (AvgIpc) is 3.50.